The Morgan fingerprint density at radius 3 is 2.27 bits per heavy atom. The number of fused-ring (bicyclic) bond motifs is 1. The van der Waals surface area contributed by atoms with Gasteiger partial charge in [0.25, 0.3) is 5.78 Å². The van der Waals surface area contributed by atoms with Gasteiger partial charge >= 0.3 is 5.91 Å². The Morgan fingerprint density at radius 1 is 0.946 bits per heavy atom. The second-order valence-corrected chi connectivity index (χ2v) is 9.61. The van der Waals surface area contributed by atoms with Crippen molar-refractivity contribution in [2.75, 3.05) is 18.1 Å². The summed E-state index contributed by atoms with van der Waals surface area (Å²) in [6.07, 6.45) is 0. The quantitative estimate of drug-likeness (QED) is 0.184. The van der Waals surface area contributed by atoms with E-state index < -0.39 is 17.7 Å². The normalized spacial score (nSPS) is 16.9. The third kappa shape index (κ3) is 4.56. The van der Waals surface area contributed by atoms with Crippen LogP contribution in [0.1, 0.15) is 36.6 Å². The third-order valence-electron chi connectivity index (χ3n) is 6.14. The van der Waals surface area contributed by atoms with Crippen LogP contribution in [-0.2, 0) is 9.59 Å². The van der Waals surface area contributed by atoms with Crippen molar-refractivity contribution in [3.8, 4) is 11.5 Å². The third-order valence-corrected chi connectivity index (χ3v) is 7.16. The van der Waals surface area contributed by atoms with E-state index in [1.807, 2.05) is 63.2 Å². The van der Waals surface area contributed by atoms with E-state index in [-0.39, 0.29) is 11.3 Å². The first-order valence-corrected chi connectivity index (χ1v) is 12.9. The first-order chi connectivity index (χ1) is 17.9. The predicted octanol–water partition coefficient (Wildman–Crippen LogP) is 6.03. The van der Waals surface area contributed by atoms with Gasteiger partial charge in [-0.05, 0) is 68.8 Å². The Balaban J connectivity index is 1.65. The number of nitrogens with zero attached hydrogens (tertiary/aromatic N) is 2. The standard InChI is InChI=1S/C29H26N2O5S/c1-4-35-20-12-10-19(11-13-20)26(32)24-25(18-8-6-17(3)7-9-18)31(28(34)27(24)33)29-30-22-15-14-21(36-5-2)16-23(22)37-29/h6-16,25,32H,4-5H2,1-3H3. The van der Waals surface area contributed by atoms with E-state index in [1.54, 1.807) is 24.3 Å². The van der Waals surface area contributed by atoms with Crippen molar-refractivity contribution in [3.63, 3.8) is 0 Å². The number of rotatable bonds is 7. The van der Waals surface area contributed by atoms with E-state index in [9.17, 15) is 14.7 Å². The van der Waals surface area contributed by atoms with Gasteiger partial charge in [0.2, 0.25) is 0 Å². The molecule has 1 aliphatic rings. The molecule has 0 saturated carbocycles. The van der Waals surface area contributed by atoms with Crippen molar-refractivity contribution in [1.82, 2.24) is 4.98 Å². The minimum Gasteiger partial charge on any atom is -0.507 e. The molecule has 188 valence electrons. The number of carbonyl (C=O) groups excluding carboxylic acids is 2. The smallest absolute Gasteiger partial charge is 0.301 e. The number of thiazole rings is 1. The highest BCUT2D eigenvalue weighted by Crippen LogP contribution is 2.44. The predicted molar refractivity (Wildman–Crippen MR) is 144 cm³/mol. The van der Waals surface area contributed by atoms with Crippen molar-refractivity contribution in [1.29, 1.82) is 0 Å². The molecule has 1 aliphatic heterocycles. The highest BCUT2D eigenvalue weighted by atomic mass is 32.1. The van der Waals surface area contributed by atoms with Crippen LogP contribution in [-0.4, -0.2) is 35.0 Å². The number of hydrogen-bond acceptors (Lipinski definition) is 7. The summed E-state index contributed by atoms with van der Waals surface area (Å²) >= 11 is 1.30. The zero-order valence-electron chi connectivity index (χ0n) is 20.7. The second kappa shape index (κ2) is 10.1. The molecule has 1 N–H and O–H groups in total. The molecule has 1 unspecified atom stereocenters. The Labute approximate surface area is 218 Å². The Bertz CT molecular complexity index is 1510. The number of ketones is 1. The molecule has 0 radical (unpaired) electrons. The van der Waals surface area contributed by atoms with Crippen LogP contribution in [0, 0.1) is 6.92 Å². The van der Waals surface area contributed by atoms with E-state index in [0.29, 0.717) is 46.5 Å². The van der Waals surface area contributed by atoms with Crippen LogP contribution in [0.4, 0.5) is 5.13 Å². The number of aliphatic hydroxyl groups excluding tert-OH is 1. The summed E-state index contributed by atoms with van der Waals surface area (Å²) in [5.74, 6) is -0.379. The fourth-order valence-electron chi connectivity index (χ4n) is 4.38. The van der Waals surface area contributed by atoms with Gasteiger partial charge in [-0.2, -0.15) is 0 Å². The SMILES string of the molecule is CCOc1ccc(C(O)=C2C(=O)C(=O)N(c3nc4ccc(OCC)cc4s3)C2c2ccc(C)cc2)cc1. The van der Waals surface area contributed by atoms with Crippen LogP contribution in [0.25, 0.3) is 16.0 Å². The van der Waals surface area contributed by atoms with Gasteiger partial charge < -0.3 is 14.6 Å². The molecule has 3 aromatic carbocycles. The summed E-state index contributed by atoms with van der Waals surface area (Å²) < 4.78 is 11.9. The van der Waals surface area contributed by atoms with Crippen LogP contribution in [0.2, 0.25) is 0 Å². The first kappa shape index (κ1) is 24.5. The van der Waals surface area contributed by atoms with Gasteiger partial charge in [0.15, 0.2) is 5.13 Å². The van der Waals surface area contributed by atoms with E-state index >= 15 is 0 Å². The van der Waals surface area contributed by atoms with Gasteiger partial charge in [-0.1, -0.05) is 41.2 Å². The molecular formula is C29H26N2O5S. The van der Waals surface area contributed by atoms with Gasteiger partial charge in [-0.3, -0.25) is 14.5 Å². The zero-order chi connectivity index (χ0) is 26.1. The molecule has 1 aromatic heterocycles. The highest BCUT2D eigenvalue weighted by molar-refractivity contribution is 7.22. The number of carbonyl (C=O) groups is 2. The summed E-state index contributed by atoms with van der Waals surface area (Å²) in [6, 6.07) is 19.0. The van der Waals surface area contributed by atoms with Crippen LogP contribution in [0.5, 0.6) is 11.5 Å². The van der Waals surface area contributed by atoms with Crippen molar-refractivity contribution >= 4 is 44.1 Å². The molecule has 7 nitrogen and oxygen atoms in total. The molecular weight excluding hydrogens is 488 g/mol. The molecule has 1 saturated heterocycles. The number of aliphatic hydroxyl groups is 1. The van der Waals surface area contributed by atoms with E-state index in [2.05, 4.69) is 4.98 Å². The van der Waals surface area contributed by atoms with Gasteiger partial charge in [0.1, 0.15) is 17.3 Å². The van der Waals surface area contributed by atoms with Crippen LogP contribution < -0.4 is 14.4 Å². The maximum absolute atomic E-state index is 13.4. The lowest BCUT2D eigenvalue weighted by molar-refractivity contribution is -0.132. The number of amides is 1. The summed E-state index contributed by atoms with van der Waals surface area (Å²) in [7, 11) is 0. The molecule has 0 spiro atoms. The maximum Gasteiger partial charge on any atom is 0.301 e. The van der Waals surface area contributed by atoms with Crippen LogP contribution in [0.3, 0.4) is 0 Å². The van der Waals surface area contributed by atoms with E-state index in [4.69, 9.17) is 9.47 Å². The topological polar surface area (TPSA) is 89.0 Å². The summed E-state index contributed by atoms with van der Waals surface area (Å²) in [5, 5.41) is 11.7. The molecule has 37 heavy (non-hydrogen) atoms. The lowest BCUT2D eigenvalue weighted by atomic mass is 9.95. The molecule has 5 rings (SSSR count). The molecule has 4 aromatic rings. The lowest BCUT2D eigenvalue weighted by Gasteiger charge is -2.23. The number of aryl methyl sites for hydroxylation is 1. The summed E-state index contributed by atoms with van der Waals surface area (Å²) in [6.45, 7) is 6.80. The number of anilines is 1. The van der Waals surface area contributed by atoms with Gasteiger partial charge in [-0.25, -0.2) is 4.98 Å². The first-order valence-electron chi connectivity index (χ1n) is 12.1. The molecule has 8 heteroatoms. The van der Waals surface area contributed by atoms with Gasteiger partial charge in [-0.15, -0.1) is 0 Å². The minimum atomic E-state index is -0.834. The van der Waals surface area contributed by atoms with Gasteiger partial charge in [0, 0.05) is 5.56 Å². The van der Waals surface area contributed by atoms with Crippen molar-refractivity contribution in [2.45, 2.75) is 26.8 Å². The Hall–Kier alpha value is -4.17. The zero-order valence-corrected chi connectivity index (χ0v) is 21.5. The Kier molecular flexibility index (Phi) is 6.67. The number of benzene rings is 3. The molecule has 2 heterocycles. The molecule has 1 amide bonds. The number of aromatic nitrogens is 1. The lowest BCUT2D eigenvalue weighted by Crippen LogP contribution is -2.29. The molecule has 0 aliphatic carbocycles. The molecule has 0 bridgehead atoms. The number of Topliss-reactive ketones (excluding diaryl/α,β-unsaturated/α-hetero) is 1. The van der Waals surface area contributed by atoms with Crippen molar-refractivity contribution < 1.29 is 24.2 Å². The molecule has 1 atom stereocenters. The number of ether oxygens (including phenoxy) is 2. The van der Waals surface area contributed by atoms with Crippen molar-refractivity contribution in [2.24, 2.45) is 0 Å². The summed E-state index contributed by atoms with van der Waals surface area (Å²) in [5.41, 5.74) is 2.87. The van der Waals surface area contributed by atoms with Crippen molar-refractivity contribution in [3.05, 3.63) is 89.0 Å². The fourth-order valence-corrected chi connectivity index (χ4v) is 5.40. The molecule has 1 fully saturated rings. The Morgan fingerprint density at radius 2 is 1.59 bits per heavy atom. The fraction of sp³-hybridized carbons (Fsp3) is 0.207. The van der Waals surface area contributed by atoms with Gasteiger partial charge in [0.05, 0.1) is 35.0 Å². The van der Waals surface area contributed by atoms with Crippen LogP contribution in [0.15, 0.2) is 72.3 Å². The minimum absolute atomic E-state index is 0.0206. The maximum atomic E-state index is 13.4. The average molecular weight is 515 g/mol. The monoisotopic (exact) mass is 514 g/mol. The highest BCUT2D eigenvalue weighted by Gasteiger charge is 2.48. The van der Waals surface area contributed by atoms with E-state index in [1.165, 1.54) is 16.2 Å². The average Bonchev–Trinajstić information content (AvgIpc) is 3.43. The van der Waals surface area contributed by atoms with Crippen LogP contribution >= 0.6 is 11.3 Å². The summed E-state index contributed by atoms with van der Waals surface area (Å²) in [4.78, 5) is 32.9. The largest absolute Gasteiger partial charge is 0.507 e. The second-order valence-electron chi connectivity index (χ2n) is 8.60. The van der Waals surface area contributed by atoms with E-state index in [0.717, 1.165) is 10.3 Å². The number of hydrogen-bond donors (Lipinski definition) is 1.